The molecule has 0 radical (unpaired) electrons. The minimum atomic E-state index is -0.772. The Labute approximate surface area is 99.1 Å². The molecule has 1 rings (SSSR count). The number of anilines is 1. The first-order valence-corrected chi connectivity index (χ1v) is 4.95. The van der Waals surface area contributed by atoms with Crippen molar-refractivity contribution in [3.63, 3.8) is 0 Å². The Morgan fingerprint density at radius 2 is 1.88 bits per heavy atom. The van der Waals surface area contributed by atoms with E-state index in [0.717, 1.165) is 4.90 Å². The second-order valence-corrected chi connectivity index (χ2v) is 3.40. The van der Waals surface area contributed by atoms with Crippen LogP contribution in [0, 0.1) is 25.3 Å². The summed E-state index contributed by atoms with van der Waals surface area (Å²) in [4.78, 5) is 24.5. The molecule has 1 heterocycles. The fourth-order valence-electron chi connectivity index (χ4n) is 1.29. The van der Waals surface area contributed by atoms with Crippen LogP contribution in [-0.2, 0) is 9.53 Å². The number of nitrogens with zero attached hydrogens (tertiary/aromatic N) is 5. The summed E-state index contributed by atoms with van der Waals surface area (Å²) in [5.74, 6) is 0.604. The van der Waals surface area contributed by atoms with Crippen molar-refractivity contribution in [3.8, 4) is 6.19 Å². The van der Waals surface area contributed by atoms with Gasteiger partial charge in [0.1, 0.15) is 17.7 Å². The molecule has 0 aliphatic rings. The molecule has 1 atom stereocenters. The molecule has 7 heteroatoms. The summed E-state index contributed by atoms with van der Waals surface area (Å²) in [7, 11) is 1.26. The number of esters is 1. The smallest absolute Gasteiger partial charge is 0.329 e. The number of aromatic nitrogens is 3. The van der Waals surface area contributed by atoms with E-state index in [1.54, 1.807) is 20.8 Å². The summed E-state index contributed by atoms with van der Waals surface area (Å²) in [6, 6.07) is -0.772. The number of carbonyl (C=O) groups excluding carboxylic acids is 1. The molecule has 90 valence electrons. The average molecular weight is 235 g/mol. The van der Waals surface area contributed by atoms with E-state index in [0.29, 0.717) is 11.6 Å². The lowest BCUT2D eigenvalue weighted by atomic mass is 10.3. The Morgan fingerprint density at radius 3 is 2.29 bits per heavy atom. The normalized spacial score (nSPS) is 11.5. The van der Waals surface area contributed by atoms with Gasteiger partial charge in [-0.15, -0.1) is 0 Å². The fourth-order valence-corrected chi connectivity index (χ4v) is 1.29. The predicted octanol–water partition coefficient (Wildman–Crippen LogP) is 0.337. The number of rotatable bonds is 3. The number of methoxy groups -OCH3 is 1. The monoisotopic (exact) mass is 235 g/mol. The van der Waals surface area contributed by atoms with Gasteiger partial charge < -0.3 is 4.74 Å². The van der Waals surface area contributed by atoms with Crippen LogP contribution >= 0.6 is 0 Å². The molecule has 0 aromatic carbocycles. The molecule has 7 nitrogen and oxygen atoms in total. The third kappa shape index (κ3) is 2.87. The SMILES string of the molecule is COC(=O)[C@@H](C)N(C#N)c1nc(C)nc(C)n1. The molecule has 1 aromatic rings. The fraction of sp³-hybridized carbons (Fsp3) is 0.500. The van der Waals surface area contributed by atoms with Crippen LogP contribution in [0.25, 0.3) is 0 Å². The molecule has 1 aromatic heterocycles. The van der Waals surface area contributed by atoms with E-state index in [1.807, 2.05) is 6.19 Å². The minimum absolute atomic E-state index is 0.149. The van der Waals surface area contributed by atoms with Crippen LogP contribution in [0.4, 0.5) is 5.95 Å². The number of nitriles is 1. The molecule has 0 aliphatic heterocycles. The van der Waals surface area contributed by atoms with Crippen molar-refractivity contribution in [2.75, 3.05) is 12.0 Å². The summed E-state index contributed by atoms with van der Waals surface area (Å²) >= 11 is 0. The quantitative estimate of drug-likeness (QED) is 0.423. The van der Waals surface area contributed by atoms with Crippen molar-refractivity contribution in [1.82, 2.24) is 15.0 Å². The molecule has 0 amide bonds. The molecule has 0 saturated heterocycles. The van der Waals surface area contributed by atoms with Crippen LogP contribution in [0.15, 0.2) is 0 Å². The van der Waals surface area contributed by atoms with Crippen molar-refractivity contribution < 1.29 is 9.53 Å². The molecule has 0 unspecified atom stereocenters. The number of hydrogen-bond donors (Lipinski definition) is 0. The van der Waals surface area contributed by atoms with Crippen molar-refractivity contribution in [1.29, 1.82) is 5.26 Å². The van der Waals surface area contributed by atoms with E-state index in [1.165, 1.54) is 7.11 Å². The van der Waals surface area contributed by atoms with Gasteiger partial charge in [0.15, 0.2) is 6.19 Å². The Bertz CT molecular complexity index is 448. The number of aryl methyl sites for hydroxylation is 2. The van der Waals surface area contributed by atoms with Gasteiger partial charge in [0.2, 0.25) is 5.95 Å². The summed E-state index contributed by atoms with van der Waals surface area (Å²) < 4.78 is 4.57. The topological polar surface area (TPSA) is 92.0 Å². The Balaban J connectivity index is 3.10. The number of ether oxygens (including phenoxy) is 1. The summed E-state index contributed by atoms with van der Waals surface area (Å²) in [6.07, 6.45) is 1.87. The molecule has 0 spiro atoms. The van der Waals surface area contributed by atoms with Gasteiger partial charge in [-0.1, -0.05) is 0 Å². The Morgan fingerprint density at radius 1 is 1.35 bits per heavy atom. The highest BCUT2D eigenvalue weighted by atomic mass is 16.5. The summed E-state index contributed by atoms with van der Waals surface area (Å²) in [5, 5.41) is 9.04. The van der Waals surface area contributed by atoms with Gasteiger partial charge in [-0.2, -0.15) is 15.2 Å². The first-order valence-electron chi connectivity index (χ1n) is 4.95. The molecular weight excluding hydrogens is 222 g/mol. The van der Waals surface area contributed by atoms with Crippen molar-refractivity contribution in [2.24, 2.45) is 0 Å². The largest absolute Gasteiger partial charge is 0.467 e. The van der Waals surface area contributed by atoms with Gasteiger partial charge in [0.25, 0.3) is 0 Å². The molecule has 0 fully saturated rings. The van der Waals surface area contributed by atoms with Gasteiger partial charge in [0.05, 0.1) is 7.11 Å². The lowest BCUT2D eigenvalue weighted by molar-refractivity contribution is -0.141. The van der Waals surface area contributed by atoms with E-state index in [9.17, 15) is 4.79 Å². The van der Waals surface area contributed by atoms with Crippen molar-refractivity contribution in [2.45, 2.75) is 26.8 Å². The average Bonchev–Trinajstić information content (AvgIpc) is 2.27. The molecule has 0 aliphatic carbocycles. The highest BCUT2D eigenvalue weighted by Crippen LogP contribution is 2.11. The minimum Gasteiger partial charge on any atom is -0.467 e. The number of carbonyl (C=O) groups is 1. The Kier molecular flexibility index (Phi) is 3.93. The second-order valence-electron chi connectivity index (χ2n) is 3.40. The van der Waals surface area contributed by atoms with E-state index < -0.39 is 12.0 Å². The van der Waals surface area contributed by atoms with Crippen LogP contribution in [0.3, 0.4) is 0 Å². The van der Waals surface area contributed by atoms with E-state index in [-0.39, 0.29) is 5.95 Å². The zero-order valence-corrected chi connectivity index (χ0v) is 10.1. The van der Waals surface area contributed by atoms with Crippen LogP contribution in [0.5, 0.6) is 0 Å². The van der Waals surface area contributed by atoms with Crippen LogP contribution < -0.4 is 4.90 Å². The van der Waals surface area contributed by atoms with Crippen LogP contribution in [0.1, 0.15) is 18.6 Å². The summed E-state index contributed by atoms with van der Waals surface area (Å²) in [5.41, 5.74) is 0. The Hall–Kier alpha value is -2.23. The van der Waals surface area contributed by atoms with E-state index >= 15 is 0 Å². The highest BCUT2D eigenvalue weighted by Gasteiger charge is 2.25. The maximum Gasteiger partial charge on any atom is 0.329 e. The zero-order chi connectivity index (χ0) is 13.0. The zero-order valence-electron chi connectivity index (χ0n) is 10.1. The molecule has 0 bridgehead atoms. The predicted molar refractivity (Wildman–Crippen MR) is 58.9 cm³/mol. The standard InChI is InChI=1S/C10H13N5O2/c1-6(9(16)17-4)15(5-11)10-13-7(2)12-8(3)14-10/h6H,1-4H3/t6-/m1/s1. The van der Waals surface area contributed by atoms with E-state index in [4.69, 9.17) is 5.26 Å². The third-order valence-corrected chi connectivity index (χ3v) is 2.10. The van der Waals surface area contributed by atoms with Crippen LogP contribution in [0.2, 0.25) is 0 Å². The first-order chi connectivity index (χ1) is 7.99. The molecule has 0 N–H and O–H groups in total. The molecule has 17 heavy (non-hydrogen) atoms. The number of hydrogen-bond acceptors (Lipinski definition) is 7. The lowest BCUT2D eigenvalue weighted by Crippen LogP contribution is -2.37. The van der Waals surface area contributed by atoms with Crippen LogP contribution in [-0.4, -0.2) is 34.1 Å². The maximum absolute atomic E-state index is 11.4. The van der Waals surface area contributed by atoms with E-state index in [2.05, 4.69) is 19.7 Å². The molecule has 0 saturated carbocycles. The van der Waals surface area contributed by atoms with Crippen molar-refractivity contribution in [3.05, 3.63) is 11.6 Å². The van der Waals surface area contributed by atoms with Gasteiger partial charge >= 0.3 is 5.97 Å². The van der Waals surface area contributed by atoms with Gasteiger partial charge in [0, 0.05) is 0 Å². The molecular formula is C10H13N5O2. The van der Waals surface area contributed by atoms with Gasteiger partial charge in [-0.3, -0.25) is 0 Å². The lowest BCUT2D eigenvalue weighted by Gasteiger charge is -2.19. The first kappa shape index (κ1) is 12.8. The second kappa shape index (κ2) is 5.21. The van der Waals surface area contributed by atoms with Gasteiger partial charge in [-0.25, -0.2) is 14.7 Å². The highest BCUT2D eigenvalue weighted by molar-refractivity contribution is 5.79. The maximum atomic E-state index is 11.4. The summed E-state index contributed by atoms with van der Waals surface area (Å²) in [6.45, 7) is 4.93. The third-order valence-electron chi connectivity index (χ3n) is 2.10. The van der Waals surface area contributed by atoms with Crippen molar-refractivity contribution >= 4 is 11.9 Å². The van der Waals surface area contributed by atoms with Gasteiger partial charge in [-0.05, 0) is 20.8 Å².